The van der Waals surface area contributed by atoms with E-state index in [2.05, 4.69) is 27.7 Å². The molecule has 0 bridgehead atoms. The highest BCUT2D eigenvalue weighted by Crippen LogP contribution is 2.45. The van der Waals surface area contributed by atoms with Crippen LogP contribution in [0.1, 0.15) is 381 Å². The molecule has 0 radical (unpaired) electrons. The summed E-state index contributed by atoms with van der Waals surface area (Å²) in [5.74, 6) is -2.12. The first kappa shape index (κ1) is 89.1. The third-order valence-electron chi connectivity index (χ3n) is 16.9. The Hall–Kier alpha value is -1.94. The Balaban J connectivity index is 5.23. The molecule has 0 aliphatic carbocycles. The van der Waals surface area contributed by atoms with Crippen molar-refractivity contribution in [2.75, 3.05) is 39.6 Å². The Labute approximate surface area is 556 Å². The van der Waals surface area contributed by atoms with Gasteiger partial charge >= 0.3 is 39.5 Å². The van der Waals surface area contributed by atoms with Crippen LogP contribution in [0.25, 0.3) is 0 Å². The van der Waals surface area contributed by atoms with Crippen LogP contribution < -0.4 is 0 Å². The molecule has 0 aliphatic rings. The van der Waals surface area contributed by atoms with Crippen LogP contribution in [-0.2, 0) is 65.4 Å². The van der Waals surface area contributed by atoms with Gasteiger partial charge in [-0.15, -0.1) is 0 Å². The lowest BCUT2D eigenvalue weighted by Gasteiger charge is -2.21. The third kappa shape index (κ3) is 66.5. The van der Waals surface area contributed by atoms with Crippen molar-refractivity contribution in [2.24, 2.45) is 0 Å². The van der Waals surface area contributed by atoms with Crippen LogP contribution in [0.3, 0.4) is 0 Å². The van der Waals surface area contributed by atoms with Gasteiger partial charge in [0, 0.05) is 25.7 Å². The number of aliphatic hydroxyl groups is 1. The summed E-state index contributed by atoms with van der Waals surface area (Å²) >= 11 is 0. The van der Waals surface area contributed by atoms with Crippen molar-refractivity contribution in [3.63, 3.8) is 0 Å². The van der Waals surface area contributed by atoms with E-state index in [1.165, 1.54) is 212 Å². The van der Waals surface area contributed by atoms with E-state index in [0.717, 1.165) is 89.9 Å². The second kappa shape index (κ2) is 66.7. The molecule has 3 N–H and O–H groups in total. The maximum atomic E-state index is 13.0. The van der Waals surface area contributed by atoms with Crippen LogP contribution in [0.4, 0.5) is 0 Å². The summed E-state index contributed by atoms with van der Waals surface area (Å²) in [6.45, 7) is 4.96. The van der Waals surface area contributed by atoms with E-state index in [0.29, 0.717) is 25.7 Å². The first-order chi connectivity index (χ1) is 44.2. The zero-order valence-corrected chi connectivity index (χ0v) is 60.6. The number of ether oxygens (including phenoxy) is 4. The number of hydrogen-bond donors (Lipinski definition) is 3. The van der Waals surface area contributed by atoms with Crippen LogP contribution in [0, 0.1) is 0 Å². The molecule has 0 amide bonds. The van der Waals surface area contributed by atoms with Crippen LogP contribution in [0.5, 0.6) is 0 Å². The average molecular weight is 1340 g/mol. The first-order valence-electron chi connectivity index (χ1n) is 37.8. The smallest absolute Gasteiger partial charge is 0.462 e. The molecule has 17 nitrogen and oxygen atoms in total. The molecule has 2 unspecified atom stereocenters. The molecule has 0 fully saturated rings. The minimum absolute atomic E-state index is 0.108. The van der Waals surface area contributed by atoms with Gasteiger partial charge in [0.05, 0.1) is 26.4 Å². The van der Waals surface area contributed by atoms with E-state index >= 15 is 0 Å². The monoisotopic (exact) mass is 1340 g/mol. The summed E-state index contributed by atoms with van der Waals surface area (Å²) in [5, 5.41) is 10.6. The number of carbonyl (C=O) groups excluding carboxylic acids is 4. The van der Waals surface area contributed by atoms with Gasteiger partial charge < -0.3 is 33.8 Å². The van der Waals surface area contributed by atoms with Crippen molar-refractivity contribution in [3.8, 4) is 0 Å². The van der Waals surface area contributed by atoms with Gasteiger partial charge in [-0.1, -0.05) is 329 Å². The molecule has 19 heteroatoms. The highest BCUT2D eigenvalue weighted by molar-refractivity contribution is 7.47. The lowest BCUT2D eigenvalue weighted by atomic mass is 10.0. The van der Waals surface area contributed by atoms with Crippen molar-refractivity contribution in [3.05, 3.63) is 0 Å². The second-order valence-electron chi connectivity index (χ2n) is 26.0. The molecule has 0 aromatic heterocycles. The van der Waals surface area contributed by atoms with Gasteiger partial charge in [-0.3, -0.25) is 37.3 Å². The number of esters is 4. The molecule has 0 aliphatic heterocycles. The van der Waals surface area contributed by atoms with Crippen molar-refractivity contribution < 1.29 is 80.2 Å². The second-order valence-corrected chi connectivity index (χ2v) is 28.9. The Morgan fingerprint density at radius 2 is 0.440 bits per heavy atom. The van der Waals surface area contributed by atoms with Gasteiger partial charge in [-0.2, -0.15) is 0 Å². The maximum absolute atomic E-state index is 13.0. The summed E-state index contributed by atoms with van der Waals surface area (Å²) in [7, 11) is -9.90. The van der Waals surface area contributed by atoms with Crippen molar-refractivity contribution >= 4 is 39.5 Å². The van der Waals surface area contributed by atoms with E-state index < -0.39 is 97.5 Å². The van der Waals surface area contributed by atoms with Gasteiger partial charge in [0.15, 0.2) is 12.2 Å². The van der Waals surface area contributed by atoms with Crippen molar-refractivity contribution in [2.45, 2.75) is 399 Å². The van der Waals surface area contributed by atoms with E-state index in [-0.39, 0.29) is 25.7 Å². The van der Waals surface area contributed by atoms with Gasteiger partial charge in [0.2, 0.25) is 0 Å². The standard InChI is InChI=1S/C72H140O17P2/c1-5-9-13-17-21-25-28-31-33-36-39-43-47-51-55-59-72(77)89-68(63-83-70(75)57-53-49-45-41-37-35-32-29-26-22-18-14-10-6-2)65-87-91(80,81)85-61-66(73)60-84-90(78,79)86-64-67(62-82-69(74)56-52-48-44-40-24-20-16-12-8-4)88-71(76)58-54-50-46-42-38-34-30-27-23-19-15-11-7-3/h66-68,73H,5-65H2,1-4H3,(H,78,79)(H,80,81)/t66-,67+,68+/m0/s1. The summed E-state index contributed by atoms with van der Waals surface area (Å²) in [6.07, 6.45) is 55.3. The minimum atomic E-state index is -4.95. The van der Waals surface area contributed by atoms with Gasteiger partial charge in [-0.25, -0.2) is 9.13 Å². The van der Waals surface area contributed by atoms with Crippen LogP contribution >= 0.6 is 15.6 Å². The van der Waals surface area contributed by atoms with Crippen LogP contribution in [0.15, 0.2) is 0 Å². The number of rotatable bonds is 73. The number of hydrogen-bond acceptors (Lipinski definition) is 15. The van der Waals surface area contributed by atoms with E-state index in [1.807, 2.05) is 0 Å². The molecule has 0 heterocycles. The molecular weight excluding hydrogens is 1200 g/mol. The molecule has 0 spiro atoms. The number of unbranched alkanes of at least 4 members (excludes halogenated alkanes) is 47. The molecule has 0 saturated heterocycles. The fourth-order valence-corrected chi connectivity index (χ4v) is 12.6. The van der Waals surface area contributed by atoms with E-state index in [1.54, 1.807) is 0 Å². The molecule has 5 atom stereocenters. The van der Waals surface area contributed by atoms with Gasteiger partial charge in [-0.05, 0) is 25.7 Å². The normalized spacial score (nSPS) is 14.0. The molecule has 91 heavy (non-hydrogen) atoms. The van der Waals surface area contributed by atoms with Crippen LogP contribution in [0.2, 0.25) is 0 Å². The lowest BCUT2D eigenvalue weighted by molar-refractivity contribution is -0.161. The number of phosphoric ester groups is 2. The maximum Gasteiger partial charge on any atom is 0.472 e. The Kier molecular flexibility index (Phi) is 65.2. The van der Waals surface area contributed by atoms with Crippen molar-refractivity contribution in [1.29, 1.82) is 0 Å². The topological polar surface area (TPSA) is 237 Å². The fourth-order valence-electron chi connectivity index (χ4n) is 11.0. The molecule has 0 rings (SSSR count). The fraction of sp³-hybridized carbons (Fsp3) is 0.944. The average Bonchev–Trinajstić information content (AvgIpc) is 3.65. The van der Waals surface area contributed by atoms with Crippen LogP contribution in [-0.4, -0.2) is 96.7 Å². The highest BCUT2D eigenvalue weighted by atomic mass is 31.2. The molecule has 0 saturated carbocycles. The number of carbonyl (C=O) groups is 4. The summed E-state index contributed by atoms with van der Waals surface area (Å²) in [6, 6.07) is 0. The predicted molar refractivity (Wildman–Crippen MR) is 368 cm³/mol. The minimum Gasteiger partial charge on any atom is -0.462 e. The third-order valence-corrected chi connectivity index (χ3v) is 18.8. The first-order valence-corrected chi connectivity index (χ1v) is 40.8. The lowest BCUT2D eigenvalue weighted by Crippen LogP contribution is -2.30. The predicted octanol–water partition coefficient (Wildman–Crippen LogP) is 21.1. The zero-order valence-electron chi connectivity index (χ0n) is 58.8. The Bertz CT molecular complexity index is 1740. The summed E-state index contributed by atoms with van der Waals surface area (Å²) in [5.41, 5.74) is 0. The summed E-state index contributed by atoms with van der Waals surface area (Å²) in [4.78, 5) is 72.6. The quantitative estimate of drug-likeness (QED) is 0.0222. The Morgan fingerprint density at radius 1 is 0.264 bits per heavy atom. The number of aliphatic hydroxyl groups excluding tert-OH is 1. The highest BCUT2D eigenvalue weighted by Gasteiger charge is 2.30. The number of phosphoric acid groups is 2. The largest absolute Gasteiger partial charge is 0.472 e. The van der Waals surface area contributed by atoms with E-state index in [4.69, 9.17) is 37.0 Å². The summed E-state index contributed by atoms with van der Waals surface area (Å²) < 4.78 is 68.4. The zero-order chi connectivity index (χ0) is 66.8. The molecule has 0 aromatic rings. The SMILES string of the molecule is CCCCCCCCCCCCCCCCCC(=O)O[C@H](COC(=O)CCCCCCCCCCCCCCCC)COP(=O)(O)OC[C@@H](O)COP(=O)(O)OC[C@@H](COC(=O)CCCCCCCCCCC)OC(=O)CCCCCCCCCCCCCCC. The molecular formula is C72H140O17P2. The molecule has 540 valence electrons. The van der Waals surface area contributed by atoms with Gasteiger partial charge in [0.25, 0.3) is 0 Å². The molecule has 0 aromatic carbocycles. The Morgan fingerprint density at radius 3 is 0.648 bits per heavy atom. The van der Waals surface area contributed by atoms with Gasteiger partial charge in [0.1, 0.15) is 19.3 Å². The van der Waals surface area contributed by atoms with Crippen molar-refractivity contribution in [1.82, 2.24) is 0 Å². The van der Waals surface area contributed by atoms with E-state index in [9.17, 15) is 43.2 Å².